The molecule has 112 valence electrons. The van der Waals surface area contributed by atoms with Crippen molar-refractivity contribution in [2.75, 3.05) is 13.1 Å². The van der Waals surface area contributed by atoms with Gasteiger partial charge in [0.25, 0.3) is 5.92 Å². The molecule has 7 heteroatoms. The van der Waals surface area contributed by atoms with Crippen LogP contribution in [0, 0.1) is 0 Å². The van der Waals surface area contributed by atoms with Gasteiger partial charge in [-0.1, -0.05) is 28.1 Å². The van der Waals surface area contributed by atoms with E-state index in [0.717, 1.165) is 10.0 Å². The van der Waals surface area contributed by atoms with Gasteiger partial charge in [-0.25, -0.2) is 8.78 Å². The number of hydrogen-bond acceptors (Lipinski definition) is 2. The summed E-state index contributed by atoms with van der Waals surface area (Å²) in [5, 5.41) is 5.21. The molecule has 0 saturated carbocycles. The first-order valence-electron chi connectivity index (χ1n) is 6.10. The fraction of sp³-hybridized carbons (Fsp3) is 0.462. The molecule has 1 aliphatic rings. The molecule has 1 amide bonds. The molecule has 0 radical (unpaired) electrons. The van der Waals surface area contributed by atoms with E-state index in [1.807, 2.05) is 24.3 Å². The van der Waals surface area contributed by atoms with Crippen molar-refractivity contribution in [3.63, 3.8) is 0 Å². The summed E-state index contributed by atoms with van der Waals surface area (Å²) in [5.74, 6) is -3.12. The fourth-order valence-electron chi connectivity index (χ4n) is 2.01. The Hall–Kier alpha value is -0.720. The minimum absolute atomic E-state index is 0. The highest BCUT2D eigenvalue weighted by Gasteiger charge is 2.42. The number of alkyl halides is 2. The zero-order valence-electron chi connectivity index (χ0n) is 10.7. The van der Waals surface area contributed by atoms with Gasteiger partial charge < -0.3 is 5.32 Å². The van der Waals surface area contributed by atoms with Crippen molar-refractivity contribution in [2.45, 2.75) is 24.8 Å². The third-order valence-corrected chi connectivity index (χ3v) is 3.58. The number of hydrogen-bond donors (Lipinski definition) is 2. The van der Waals surface area contributed by atoms with Gasteiger partial charge in [0, 0.05) is 17.4 Å². The van der Waals surface area contributed by atoms with Gasteiger partial charge in [0.15, 0.2) is 0 Å². The Labute approximate surface area is 131 Å². The van der Waals surface area contributed by atoms with E-state index in [1.54, 1.807) is 0 Å². The first-order chi connectivity index (χ1) is 8.96. The number of halogens is 4. The molecule has 2 rings (SSSR count). The highest BCUT2D eigenvalue weighted by molar-refractivity contribution is 9.10. The van der Waals surface area contributed by atoms with E-state index in [1.165, 1.54) is 0 Å². The minimum atomic E-state index is -2.77. The van der Waals surface area contributed by atoms with Gasteiger partial charge in [0.1, 0.15) is 0 Å². The third kappa shape index (κ3) is 5.00. The van der Waals surface area contributed by atoms with Crippen LogP contribution in [0.3, 0.4) is 0 Å². The second-order valence-corrected chi connectivity index (χ2v) is 5.58. The highest BCUT2D eigenvalue weighted by atomic mass is 79.9. The van der Waals surface area contributed by atoms with Crippen molar-refractivity contribution in [1.29, 1.82) is 0 Å². The maximum Gasteiger partial charge on any atom is 0.262 e. The Morgan fingerprint density at radius 3 is 2.60 bits per heavy atom. The van der Waals surface area contributed by atoms with Crippen LogP contribution in [-0.2, 0) is 11.2 Å². The smallest absolute Gasteiger partial charge is 0.262 e. The lowest BCUT2D eigenvalue weighted by Crippen LogP contribution is -2.41. The highest BCUT2D eigenvalue weighted by Crippen LogP contribution is 2.24. The van der Waals surface area contributed by atoms with Crippen LogP contribution < -0.4 is 10.6 Å². The van der Waals surface area contributed by atoms with Crippen LogP contribution in [0.15, 0.2) is 28.7 Å². The summed E-state index contributed by atoms with van der Waals surface area (Å²) in [7, 11) is 0. The number of amides is 1. The summed E-state index contributed by atoms with van der Waals surface area (Å²) in [5.41, 5.74) is 1.09. The zero-order chi connectivity index (χ0) is 13.9. The Kier molecular flexibility index (Phi) is 6.36. The lowest BCUT2D eigenvalue weighted by molar-refractivity contribution is -0.123. The van der Waals surface area contributed by atoms with Gasteiger partial charge in [-0.3, -0.25) is 10.1 Å². The van der Waals surface area contributed by atoms with Gasteiger partial charge in [-0.2, -0.15) is 0 Å². The molecule has 1 aliphatic heterocycles. The number of nitrogens with one attached hydrogen (secondary N) is 2. The average Bonchev–Trinajstić information content (AvgIpc) is 2.72. The largest absolute Gasteiger partial charge is 0.354 e. The maximum absolute atomic E-state index is 12.9. The summed E-state index contributed by atoms with van der Waals surface area (Å²) in [6, 6.07) is 6.99. The molecule has 20 heavy (non-hydrogen) atoms. The first-order valence-corrected chi connectivity index (χ1v) is 6.89. The lowest BCUT2D eigenvalue weighted by atomic mass is 10.1. The van der Waals surface area contributed by atoms with Crippen LogP contribution in [0.2, 0.25) is 0 Å². The molecule has 0 bridgehead atoms. The number of carbonyl (C=O) groups excluding carboxylic acids is 1. The maximum atomic E-state index is 12.9. The number of carbonyl (C=O) groups is 1. The van der Waals surface area contributed by atoms with Crippen LogP contribution >= 0.6 is 28.3 Å². The Balaban J connectivity index is 0.00000200. The van der Waals surface area contributed by atoms with Crippen LogP contribution in [0.25, 0.3) is 0 Å². The van der Waals surface area contributed by atoms with Gasteiger partial charge >= 0.3 is 0 Å². The predicted molar refractivity (Wildman–Crippen MR) is 79.5 cm³/mol. The molecule has 1 aromatic rings. The topological polar surface area (TPSA) is 41.1 Å². The van der Waals surface area contributed by atoms with Crippen LogP contribution in [0.5, 0.6) is 0 Å². The van der Waals surface area contributed by atoms with E-state index in [-0.39, 0.29) is 18.3 Å². The molecule has 1 aromatic carbocycles. The van der Waals surface area contributed by atoms with E-state index >= 15 is 0 Å². The van der Waals surface area contributed by atoms with Gasteiger partial charge in [-0.15, -0.1) is 12.4 Å². The SMILES string of the molecule is Cl.O=C(NCCc1ccc(Br)cc1)C1CC(F)(F)CN1. The normalized spacial score (nSPS) is 20.2. The molecule has 1 saturated heterocycles. The molecule has 1 unspecified atom stereocenters. The molecule has 0 aromatic heterocycles. The molecule has 1 fully saturated rings. The Morgan fingerprint density at radius 2 is 2.05 bits per heavy atom. The monoisotopic (exact) mass is 368 g/mol. The molecule has 2 N–H and O–H groups in total. The van der Waals surface area contributed by atoms with Crippen molar-refractivity contribution in [3.8, 4) is 0 Å². The second kappa shape index (κ2) is 7.33. The average molecular weight is 370 g/mol. The molecule has 1 atom stereocenters. The third-order valence-electron chi connectivity index (χ3n) is 3.05. The van der Waals surface area contributed by atoms with Crippen LogP contribution in [-0.4, -0.2) is 31.0 Å². The number of benzene rings is 1. The zero-order valence-corrected chi connectivity index (χ0v) is 13.1. The van der Waals surface area contributed by atoms with E-state index in [4.69, 9.17) is 0 Å². The number of rotatable bonds is 4. The fourth-order valence-corrected chi connectivity index (χ4v) is 2.27. The van der Waals surface area contributed by atoms with Crippen molar-refractivity contribution < 1.29 is 13.6 Å². The molecular weight excluding hydrogens is 354 g/mol. The van der Waals surface area contributed by atoms with E-state index in [9.17, 15) is 13.6 Å². The molecule has 1 heterocycles. The summed E-state index contributed by atoms with van der Waals surface area (Å²) in [6.45, 7) is 0.0298. The van der Waals surface area contributed by atoms with Crippen molar-refractivity contribution in [3.05, 3.63) is 34.3 Å². The van der Waals surface area contributed by atoms with Crippen LogP contribution in [0.4, 0.5) is 8.78 Å². The Morgan fingerprint density at radius 1 is 1.40 bits per heavy atom. The lowest BCUT2D eigenvalue weighted by Gasteiger charge is -2.11. The van der Waals surface area contributed by atoms with Crippen molar-refractivity contribution in [1.82, 2.24) is 10.6 Å². The molecule has 0 aliphatic carbocycles. The standard InChI is InChI=1S/C13H15BrF2N2O.ClH/c14-10-3-1-9(2-4-10)5-6-17-12(19)11-7-13(15,16)8-18-11;/h1-4,11,18H,5-8H2,(H,17,19);1H. The summed E-state index contributed by atoms with van der Waals surface area (Å²) < 4.78 is 26.9. The van der Waals surface area contributed by atoms with Crippen LogP contribution in [0.1, 0.15) is 12.0 Å². The van der Waals surface area contributed by atoms with Gasteiger partial charge in [0.05, 0.1) is 12.6 Å². The predicted octanol–water partition coefficient (Wildman–Crippen LogP) is 2.53. The molecular formula is C13H16BrClF2N2O. The quantitative estimate of drug-likeness (QED) is 0.856. The van der Waals surface area contributed by atoms with Gasteiger partial charge in [0.2, 0.25) is 5.91 Å². The second-order valence-electron chi connectivity index (χ2n) is 4.66. The van der Waals surface area contributed by atoms with Crippen molar-refractivity contribution >= 4 is 34.2 Å². The van der Waals surface area contributed by atoms with Crippen molar-refractivity contribution in [2.24, 2.45) is 0 Å². The minimum Gasteiger partial charge on any atom is -0.354 e. The molecule has 3 nitrogen and oxygen atoms in total. The van der Waals surface area contributed by atoms with E-state index < -0.39 is 24.9 Å². The van der Waals surface area contributed by atoms with E-state index in [0.29, 0.717) is 13.0 Å². The van der Waals surface area contributed by atoms with Gasteiger partial charge in [-0.05, 0) is 24.1 Å². The Bertz CT molecular complexity index is 456. The summed E-state index contributed by atoms with van der Waals surface area (Å²) >= 11 is 3.34. The first kappa shape index (κ1) is 17.3. The molecule has 0 spiro atoms. The summed E-state index contributed by atoms with van der Waals surface area (Å²) in [4.78, 5) is 11.7. The van der Waals surface area contributed by atoms with E-state index in [2.05, 4.69) is 26.6 Å². The summed E-state index contributed by atoms with van der Waals surface area (Å²) in [6.07, 6.45) is 0.263.